The Morgan fingerprint density at radius 2 is 1.03 bits per heavy atom. The van der Waals surface area contributed by atoms with Gasteiger partial charge in [-0.1, -0.05) is 155 Å². The molecule has 1 aliphatic rings. The topological polar surface area (TPSA) is 43.6 Å². The van der Waals surface area contributed by atoms with Crippen LogP contribution in [0.25, 0.3) is 104 Å². The third-order valence-corrected chi connectivity index (χ3v) is 14.7. The van der Waals surface area contributed by atoms with Gasteiger partial charge in [-0.3, -0.25) is 0 Å². The van der Waals surface area contributed by atoms with Crippen molar-refractivity contribution in [1.82, 2.24) is 19.5 Å². The first-order valence-corrected chi connectivity index (χ1v) is 22.5. The highest BCUT2D eigenvalue weighted by molar-refractivity contribution is 7.26. The summed E-state index contributed by atoms with van der Waals surface area (Å²) in [5.74, 6) is 1.95. The molecule has 0 bridgehead atoms. The summed E-state index contributed by atoms with van der Waals surface area (Å²) in [6, 6.07) is 61.5. The van der Waals surface area contributed by atoms with E-state index in [4.69, 9.17) is 15.0 Å². The predicted octanol–water partition coefficient (Wildman–Crippen LogP) is 15.5. The van der Waals surface area contributed by atoms with Crippen molar-refractivity contribution >= 4 is 64.1 Å². The number of aromatic nitrogens is 4. The van der Waals surface area contributed by atoms with Gasteiger partial charge in [-0.2, -0.15) is 0 Å². The van der Waals surface area contributed by atoms with E-state index in [0.717, 1.165) is 27.8 Å². The van der Waals surface area contributed by atoms with Gasteiger partial charge in [0.1, 0.15) is 0 Å². The Bertz CT molecular complexity index is 3570. The fraction of sp³-hybridized carbons (Fsp3) is 0.140. The Balaban J connectivity index is 0.975. The maximum Gasteiger partial charge on any atom is 0.164 e. The average Bonchev–Trinajstić information content (AvgIpc) is 3.86. The van der Waals surface area contributed by atoms with Crippen molar-refractivity contribution in [3.05, 3.63) is 181 Å². The molecule has 0 N–H and O–H groups in total. The van der Waals surface area contributed by atoms with E-state index in [-0.39, 0.29) is 10.8 Å². The zero-order valence-corrected chi connectivity index (χ0v) is 36.1. The molecule has 11 aromatic rings. The first-order chi connectivity index (χ1) is 30.2. The van der Waals surface area contributed by atoms with Crippen LogP contribution in [0, 0.1) is 0 Å². The van der Waals surface area contributed by atoms with Crippen molar-refractivity contribution in [2.24, 2.45) is 0 Å². The molecule has 62 heavy (non-hydrogen) atoms. The van der Waals surface area contributed by atoms with Gasteiger partial charge >= 0.3 is 0 Å². The lowest BCUT2D eigenvalue weighted by atomic mass is 9.63. The molecule has 0 saturated heterocycles. The first kappa shape index (κ1) is 36.9. The van der Waals surface area contributed by atoms with Crippen LogP contribution in [0.15, 0.2) is 170 Å². The van der Waals surface area contributed by atoms with Crippen molar-refractivity contribution in [2.45, 2.75) is 51.4 Å². The van der Waals surface area contributed by atoms with Crippen LogP contribution in [-0.2, 0) is 10.8 Å². The second-order valence-corrected chi connectivity index (χ2v) is 19.4. The molecule has 3 heterocycles. The minimum Gasteiger partial charge on any atom is -0.309 e. The van der Waals surface area contributed by atoms with Gasteiger partial charge in [0.15, 0.2) is 17.5 Å². The molecule has 0 saturated carbocycles. The lowest BCUT2D eigenvalue weighted by molar-refractivity contribution is 0.332. The summed E-state index contributed by atoms with van der Waals surface area (Å²) in [7, 11) is 0. The number of para-hydroxylation sites is 1. The molecule has 0 amide bonds. The van der Waals surface area contributed by atoms with Gasteiger partial charge in [-0.25, -0.2) is 15.0 Å². The van der Waals surface area contributed by atoms with Gasteiger partial charge in [0, 0.05) is 53.3 Å². The number of hydrogen-bond acceptors (Lipinski definition) is 4. The lowest BCUT2D eigenvalue weighted by Gasteiger charge is -2.42. The van der Waals surface area contributed by atoms with Gasteiger partial charge in [-0.05, 0) is 99.2 Å². The highest BCUT2D eigenvalue weighted by Gasteiger charge is 2.38. The fourth-order valence-corrected chi connectivity index (χ4v) is 11.2. The summed E-state index contributed by atoms with van der Waals surface area (Å²) in [6.45, 7) is 9.65. The summed E-state index contributed by atoms with van der Waals surface area (Å²) in [6.07, 6.45) is 2.37. The molecule has 0 radical (unpaired) electrons. The normalized spacial score (nSPS) is 14.6. The number of thiophene rings is 1. The van der Waals surface area contributed by atoms with Gasteiger partial charge < -0.3 is 4.57 Å². The Kier molecular flexibility index (Phi) is 8.20. The summed E-state index contributed by atoms with van der Waals surface area (Å²) >= 11 is 1.85. The summed E-state index contributed by atoms with van der Waals surface area (Å²) in [5, 5.41) is 7.50. The number of rotatable bonds is 5. The third kappa shape index (κ3) is 5.90. The second-order valence-electron chi connectivity index (χ2n) is 18.3. The molecule has 5 heteroatoms. The molecule has 8 aromatic carbocycles. The maximum atomic E-state index is 5.18. The Labute approximate surface area is 365 Å². The van der Waals surface area contributed by atoms with E-state index in [1.807, 2.05) is 29.5 Å². The molecule has 0 aliphatic heterocycles. The van der Waals surface area contributed by atoms with Gasteiger partial charge in [0.2, 0.25) is 0 Å². The van der Waals surface area contributed by atoms with Crippen LogP contribution in [0.4, 0.5) is 0 Å². The van der Waals surface area contributed by atoms with Gasteiger partial charge in [0.05, 0.1) is 11.0 Å². The molecule has 298 valence electrons. The Morgan fingerprint density at radius 1 is 0.435 bits per heavy atom. The lowest BCUT2D eigenvalue weighted by Crippen LogP contribution is -2.33. The summed E-state index contributed by atoms with van der Waals surface area (Å²) in [4.78, 5) is 15.4. The largest absolute Gasteiger partial charge is 0.309 e. The minimum absolute atomic E-state index is 0.108. The van der Waals surface area contributed by atoms with Crippen LogP contribution in [0.5, 0.6) is 0 Å². The van der Waals surface area contributed by atoms with E-state index in [9.17, 15) is 0 Å². The zero-order chi connectivity index (χ0) is 41.7. The van der Waals surface area contributed by atoms with Crippen molar-refractivity contribution in [1.29, 1.82) is 0 Å². The SMILES string of the molecule is CC1(C)CCC(C)(C)c2cc3c(cc21)c1ccccc1n3-c1ccc2ccc(-c3nc(-c4ccccc4)nc(-c4ccc(-c5cccc6c5sc5ccccc56)cc4)n3)cc2c1. The van der Waals surface area contributed by atoms with E-state index in [1.54, 1.807) is 0 Å². The van der Waals surface area contributed by atoms with E-state index >= 15 is 0 Å². The molecule has 0 atom stereocenters. The molecule has 4 nitrogen and oxygen atoms in total. The Hall–Kier alpha value is -6.95. The van der Waals surface area contributed by atoms with Crippen molar-refractivity contribution in [3.8, 4) is 51.0 Å². The molecule has 12 rings (SSSR count). The van der Waals surface area contributed by atoms with E-state index in [1.165, 1.54) is 82.5 Å². The predicted molar refractivity (Wildman–Crippen MR) is 262 cm³/mol. The van der Waals surface area contributed by atoms with Crippen molar-refractivity contribution in [3.63, 3.8) is 0 Å². The van der Waals surface area contributed by atoms with Gasteiger partial charge in [0.25, 0.3) is 0 Å². The maximum absolute atomic E-state index is 5.18. The zero-order valence-electron chi connectivity index (χ0n) is 35.3. The minimum atomic E-state index is 0.108. The van der Waals surface area contributed by atoms with E-state index in [0.29, 0.717) is 17.5 Å². The first-order valence-electron chi connectivity index (χ1n) is 21.6. The third-order valence-electron chi connectivity index (χ3n) is 13.5. The van der Waals surface area contributed by atoms with E-state index < -0.39 is 0 Å². The molecule has 1 aliphatic carbocycles. The summed E-state index contributed by atoms with van der Waals surface area (Å²) in [5.41, 5.74) is 12.1. The highest BCUT2D eigenvalue weighted by atomic mass is 32.1. The van der Waals surface area contributed by atoms with Crippen LogP contribution in [0.1, 0.15) is 51.7 Å². The molecular formula is C57H44N4S. The second kappa shape index (κ2) is 13.8. The van der Waals surface area contributed by atoms with Crippen molar-refractivity contribution in [2.75, 3.05) is 0 Å². The highest BCUT2D eigenvalue weighted by Crippen LogP contribution is 2.49. The van der Waals surface area contributed by atoms with Crippen LogP contribution in [0.3, 0.4) is 0 Å². The van der Waals surface area contributed by atoms with Crippen LogP contribution < -0.4 is 0 Å². The van der Waals surface area contributed by atoms with Gasteiger partial charge in [-0.15, -0.1) is 11.3 Å². The quantitative estimate of drug-likeness (QED) is 0.174. The smallest absolute Gasteiger partial charge is 0.164 e. The fourth-order valence-electron chi connectivity index (χ4n) is 9.94. The van der Waals surface area contributed by atoms with Crippen molar-refractivity contribution < 1.29 is 0 Å². The Morgan fingerprint density at radius 3 is 1.81 bits per heavy atom. The average molecular weight is 817 g/mol. The van der Waals surface area contributed by atoms with Crippen LogP contribution in [-0.4, -0.2) is 19.5 Å². The number of nitrogens with zero attached hydrogens (tertiary/aromatic N) is 4. The number of fused-ring (bicyclic) bond motifs is 8. The number of hydrogen-bond donors (Lipinski definition) is 0. The van der Waals surface area contributed by atoms with E-state index in [2.05, 4.69) is 184 Å². The summed E-state index contributed by atoms with van der Waals surface area (Å²) < 4.78 is 5.08. The molecule has 3 aromatic heterocycles. The van der Waals surface area contributed by atoms with Crippen LogP contribution >= 0.6 is 11.3 Å². The molecule has 0 spiro atoms. The molecular weight excluding hydrogens is 773 g/mol. The van der Waals surface area contributed by atoms with Crippen LogP contribution in [0.2, 0.25) is 0 Å². The standard InChI is InChI=1S/C57H44N4S/c1-56(2)29-30-57(3,4)48-34-50-46(33-47(48)56)43-15-8-10-19-49(43)61(50)41-28-27-35-21-26-39(31-40(35)32-41)55-59-53(37-13-6-5-7-14-37)58-54(60-55)38-24-22-36(23-25-38)42-17-12-18-45-44-16-9-11-20-51(44)62-52(42)45/h5-28,31-34H,29-30H2,1-4H3. The monoisotopic (exact) mass is 816 g/mol. The molecule has 0 unspecified atom stereocenters. The number of benzene rings is 8. The molecule has 0 fully saturated rings.